The van der Waals surface area contributed by atoms with Crippen molar-refractivity contribution in [1.29, 1.82) is 0 Å². The summed E-state index contributed by atoms with van der Waals surface area (Å²) in [6.45, 7) is 0. The van der Waals surface area contributed by atoms with Crippen LogP contribution in [0, 0.1) is 0 Å². The van der Waals surface area contributed by atoms with Crippen LogP contribution in [0.5, 0.6) is 5.75 Å². The van der Waals surface area contributed by atoms with Crippen molar-refractivity contribution in [2.75, 3.05) is 12.4 Å². The highest BCUT2D eigenvalue weighted by molar-refractivity contribution is 5.84. The Bertz CT molecular complexity index is 317. The molecular weight excluding hydrogens is 168 g/mol. The molecule has 13 heavy (non-hydrogen) atoms. The minimum Gasteiger partial charge on any atom is -0.461 e. The van der Waals surface area contributed by atoms with E-state index in [1.165, 1.54) is 0 Å². The van der Waals surface area contributed by atoms with Crippen molar-refractivity contribution in [3.8, 4) is 5.75 Å². The molecule has 0 saturated carbocycles. The third-order valence-electron chi connectivity index (χ3n) is 1.87. The lowest BCUT2D eigenvalue weighted by Gasteiger charge is -2.24. The maximum absolute atomic E-state index is 11.2. The molecule has 0 radical (unpaired) electrons. The van der Waals surface area contributed by atoms with Gasteiger partial charge in [0, 0.05) is 18.8 Å². The lowest BCUT2D eigenvalue weighted by molar-refractivity contribution is -0.126. The van der Waals surface area contributed by atoms with Gasteiger partial charge < -0.3 is 15.4 Å². The first-order valence-corrected chi connectivity index (χ1v) is 4.04. The largest absolute Gasteiger partial charge is 0.461 e. The Labute approximate surface area is 75.9 Å². The zero-order valence-corrected chi connectivity index (χ0v) is 7.20. The molecule has 0 aromatic heterocycles. The van der Waals surface area contributed by atoms with E-state index in [4.69, 9.17) is 4.74 Å². The van der Waals surface area contributed by atoms with Gasteiger partial charge in [0.05, 0.1) is 0 Å². The van der Waals surface area contributed by atoms with E-state index in [0.717, 1.165) is 5.69 Å². The topological polar surface area (TPSA) is 50.4 Å². The van der Waals surface area contributed by atoms with Crippen molar-refractivity contribution in [3.05, 3.63) is 24.3 Å². The zero-order valence-electron chi connectivity index (χ0n) is 7.20. The fraction of sp³-hybridized carbons (Fsp3) is 0.222. The summed E-state index contributed by atoms with van der Waals surface area (Å²) < 4.78 is 5.32. The van der Waals surface area contributed by atoms with Crippen molar-refractivity contribution >= 4 is 11.6 Å². The lowest BCUT2D eigenvalue weighted by atomic mass is 10.2. The number of fused-ring (bicyclic) bond motifs is 2. The van der Waals surface area contributed by atoms with E-state index < -0.39 is 6.23 Å². The van der Waals surface area contributed by atoms with E-state index >= 15 is 0 Å². The van der Waals surface area contributed by atoms with Gasteiger partial charge in [-0.1, -0.05) is 6.07 Å². The molecule has 68 valence electrons. The van der Waals surface area contributed by atoms with Crippen LogP contribution in [-0.2, 0) is 4.79 Å². The average molecular weight is 178 g/mol. The number of benzene rings is 1. The van der Waals surface area contributed by atoms with Gasteiger partial charge in [-0.05, 0) is 12.1 Å². The van der Waals surface area contributed by atoms with Crippen LogP contribution in [0.3, 0.4) is 0 Å². The Kier molecular flexibility index (Phi) is 1.81. The molecule has 1 atom stereocenters. The van der Waals surface area contributed by atoms with Gasteiger partial charge in [0.25, 0.3) is 5.91 Å². The van der Waals surface area contributed by atoms with E-state index in [1.807, 2.05) is 24.3 Å². The predicted molar refractivity (Wildman–Crippen MR) is 48.5 cm³/mol. The zero-order chi connectivity index (χ0) is 9.26. The number of carbonyl (C=O) groups excluding carboxylic acids is 1. The lowest BCUT2D eigenvalue weighted by Crippen LogP contribution is -2.43. The number of nitrogens with one attached hydrogen (secondary N) is 2. The molecule has 1 unspecified atom stereocenters. The van der Waals surface area contributed by atoms with Gasteiger partial charge in [-0.3, -0.25) is 4.79 Å². The Hall–Kier alpha value is -1.71. The molecule has 1 amide bonds. The van der Waals surface area contributed by atoms with Crippen LogP contribution in [0.2, 0.25) is 0 Å². The summed E-state index contributed by atoms with van der Waals surface area (Å²) in [5.41, 5.74) is 0.900. The third kappa shape index (κ3) is 1.42. The highest BCUT2D eigenvalue weighted by atomic mass is 16.5. The van der Waals surface area contributed by atoms with Gasteiger partial charge in [-0.2, -0.15) is 0 Å². The Balaban J connectivity index is 2.20. The van der Waals surface area contributed by atoms with E-state index in [1.54, 1.807) is 7.05 Å². The molecule has 4 nitrogen and oxygen atoms in total. The summed E-state index contributed by atoms with van der Waals surface area (Å²) in [7, 11) is 1.58. The van der Waals surface area contributed by atoms with Crippen molar-refractivity contribution in [2.24, 2.45) is 0 Å². The van der Waals surface area contributed by atoms with Crippen LogP contribution in [-0.4, -0.2) is 19.2 Å². The smallest absolute Gasteiger partial charge is 0.282 e. The molecule has 0 spiro atoms. The molecule has 2 bridgehead atoms. The summed E-state index contributed by atoms with van der Waals surface area (Å²) in [5.74, 6) is 0.539. The fourth-order valence-electron chi connectivity index (χ4n) is 1.23. The van der Waals surface area contributed by atoms with Gasteiger partial charge in [-0.15, -0.1) is 0 Å². The first kappa shape index (κ1) is 7.91. The minimum atomic E-state index is -0.610. The van der Waals surface area contributed by atoms with E-state index in [0.29, 0.717) is 5.75 Å². The quantitative estimate of drug-likeness (QED) is 0.660. The van der Waals surface area contributed by atoms with Gasteiger partial charge >= 0.3 is 0 Å². The average Bonchev–Trinajstić information content (AvgIpc) is 2.16. The van der Waals surface area contributed by atoms with Crippen LogP contribution in [0.25, 0.3) is 0 Å². The van der Waals surface area contributed by atoms with Crippen LogP contribution >= 0.6 is 0 Å². The predicted octanol–water partition coefficient (Wildman–Crippen LogP) is 0.563. The maximum atomic E-state index is 11.2. The summed E-state index contributed by atoms with van der Waals surface area (Å²) in [5, 5.41) is 5.45. The molecule has 1 heterocycles. The van der Waals surface area contributed by atoms with Gasteiger partial charge in [0.1, 0.15) is 5.75 Å². The summed E-state index contributed by atoms with van der Waals surface area (Å²) in [6, 6.07) is 7.43. The molecule has 0 aliphatic carbocycles. The number of anilines is 1. The maximum Gasteiger partial charge on any atom is 0.282 e. The molecule has 1 aliphatic heterocycles. The SMILES string of the molecule is CNC(=O)C1Nc2cccc(c2)O1. The third-order valence-corrected chi connectivity index (χ3v) is 1.87. The van der Waals surface area contributed by atoms with Gasteiger partial charge in [0.2, 0.25) is 6.23 Å². The Morgan fingerprint density at radius 2 is 2.46 bits per heavy atom. The molecular formula is C9H10N2O2. The van der Waals surface area contributed by atoms with Gasteiger partial charge in [0.15, 0.2) is 0 Å². The number of likely N-dealkylation sites (N-methyl/N-ethyl adjacent to an activating group) is 1. The first-order valence-electron chi connectivity index (χ1n) is 4.04. The van der Waals surface area contributed by atoms with Crippen LogP contribution in [0.15, 0.2) is 24.3 Å². The second-order valence-electron chi connectivity index (χ2n) is 2.78. The second kappa shape index (κ2) is 2.97. The molecule has 0 fully saturated rings. The number of amides is 1. The number of rotatable bonds is 1. The number of carbonyl (C=O) groups is 1. The fourth-order valence-corrected chi connectivity index (χ4v) is 1.23. The summed E-state index contributed by atoms with van der Waals surface area (Å²) in [4.78, 5) is 11.2. The van der Waals surface area contributed by atoms with Gasteiger partial charge in [-0.25, -0.2) is 0 Å². The monoisotopic (exact) mass is 178 g/mol. The highest BCUT2D eigenvalue weighted by Crippen LogP contribution is 2.23. The van der Waals surface area contributed by atoms with Crippen molar-refractivity contribution < 1.29 is 9.53 Å². The summed E-state index contributed by atoms with van der Waals surface area (Å²) >= 11 is 0. The number of ether oxygens (including phenoxy) is 1. The van der Waals surface area contributed by atoms with Crippen LogP contribution in [0.4, 0.5) is 5.69 Å². The van der Waals surface area contributed by atoms with E-state index in [2.05, 4.69) is 10.6 Å². The first-order chi connectivity index (χ1) is 6.29. The van der Waals surface area contributed by atoms with Crippen molar-refractivity contribution in [1.82, 2.24) is 5.32 Å². The molecule has 1 aromatic carbocycles. The molecule has 2 N–H and O–H groups in total. The van der Waals surface area contributed by atoms with E-state index in [-0.39, 0.29) is 5.91 Å². The molecule has 1 aromatic rings. The van der Waals surface area contributed by atoms with Crippen molar-refractivity contribution in [2.45, 2.75) is 6.23 Å². The van der Waals surface area contributed by atoms with Crippen LogP contribution in [0.1, 0.15) is 0 Å². The normalized spacial score (nSPS) is 18.4. The van der Waals surface area contributed by atoms with Crippen molar-refractivity contribution in [3.63, 3.8) is 0 Å². The molecule has 4 heteroatoms. The summed E-state index contributed by atoms with van der Waals surface area (Å²) in [6.07, 6.45) is -0.610. The molecule has 2 rings (SSSR count). The molecule has 1 aliphatic rings. The number of hydrogen-bond acceptors (Lipinski definition) is 3. The minimum absolute atomic E-state index is 0.174. The second-order valence-corrected chi connectivity index (χ2v) is 2.78. The number of hydrogen-bond donors (Lipinski definition) is 2. The standard InChI is InChI=1S/C9H10N2O2/c1-10-8(12)9-11-6-3-2-4-7(5-6)13-9/h2-5,9,11H,1H3,(H,10,12). The van der Waals surface area contributed by atoms with Crippen LogP contribution < -0.4 is 15.4 Å². The Morgan fingerprint density at radius 1 is 1.62 bits per heavy atom. The Morgan fingerprint density at radius 3 is 3.15 bits per heavy atom. The van der Waals surface area contributed by atoms with E-state index in [9.17, 15) is 4.79 Å². The highest BCUT2D eigenvalue weighted by Gasteiger charge is 2.22. The molecule has 0 saturated heterocycles.